The number of benzene rings is 1. The van der Waals surface area contributed by atoms with Crippen molar-refractivity contribution in [3.63, 3.8) is 0 Å². The Morgan fingerprint density at radius 2 is 1.97 bits per heavy atom. The first kappa shape index (κ1) is 21.9. The molecule has 3 heterocycles. The molecule has 0 atom stereocenters. The van der Waals surface area contributed by atoms with Gasteiger partial charge in [0.15, 0.2) is 0 Å². The van der Waals surface area contributed by atoms with Gasteiger partial charge in [0, 0.05) is 43.3 Å². The minimum atomic E-state index is -0.391. The fourth-order valence-corrected chi connectivity index (χ4v) is 4.37. The molecule has 0 radical (unpaired) electrons. The van der Waals surface area contributed by atoms with Crippen LogP contribution in [0.1, 0.15) is 34.2 Å². The van der Waals surface area contributed by atoms with E-state index in [-0.39, 0.29) is 11.7 Å². The zero-order valence-electron chi connectivity index (χ0n) is 17.7. The van der Waals surface area contributed by atoms with Crippen LogP contribution in [0.25, 0.3) is 10.6 Å². The average molecular weight is 455 g/mol. The Labute approximate surface area is 189 Å². The topological polar surface area (TPSA) is 75.6 Å². The summed E-state index contributed by atoms with van der Waals surface area (Å²) >= 11 is 1.26. The molecule has 3 aromatic rings. The molecule has 0 N–H and O–H groups in total. The quantitative estimate of drug-likeness (QED) is 0.545. The predicted octanol–water partition coefficient (Wildman–Crippen LogP) is 3.87. The average Bonchev–Trinajstić information content (AvgIpc) is 3.17. The van der Waals surface area contributed by atoms with Gasteiger partial charge in [0.25, 0.3) is 5.91 Å². The maximum Gasteiger partial charge on any atom is 0.339 e. The molecule has 166 valence electrons. The summed E-state index contributed by atoms with van der Waals surface area (Å²) in [6.07, 6.45) is 2.29. The van der Waals surface area contributed by atoms with Gasteiger partial charge in [-0.25, -0.2) is 19.2 Å². The van der Waals surface area contributed by atoms with Crippen molar-refractivity contribution in [2.75, 3.05) is 37.7 Å². The zero-order chi connectivity index (χ0) is 22.5. The van der Waals surface area contributed by atoms with Gasteiger partial charge in [0.1, 0.15) is 22.3 Å². The second-order valence-electron chi connectivity index (χ2n) is 7.28. The van der Waals surface area contributed by atoms with Crippen LogP contribution in [0.5, 0.6) is 0 Å². The molecule has 7 nitrogen and oxygen atoms in total. The number of hydrogen-bond donors (Lipinski definition) is 0. The van der Waals surface area contributed by atoms with Crippen LogP contribution in [0, 0.1) is 5.82 Å². The Morgan fingerprint density at radius 3 is 2.72 bits per heavy atom. The Kier molecular flexibility index (Phi) is 6.75. The summed E-state index contributed by atoms with van der Waals surface area (Å²) in [5.74, 6) is -0.149. The molecule has 0 bridgehead atoms. The highest BCUT2D eigenvalue weighted by Gasteiger charge is 2.23. The van der Waals surface area contributed by atoms with Gasteiger partial charge in [-0.3, -0.25) is 4.79 Å². The molecular formula is C23H23FN4O3S. The number of rotatable bonds is 5. The van der Waals surface area contributed by atoms with E-state index in [4.69, 9.17) is 4.74 Å². The normalized spacial score (nSPS) is 14.2. The summed E-state index contributed by atoms with van der Waals surface area (Å²) in [5.41, 5.74) is 1.14. The molecule has 32 heavy (non-hydrogen) atoms. The molecule has 1 aromatic carbocycles. The summed E-state index contributed by atoms with van der Waals surface area (Å²) in [6, 6.07) is 9.92. The third-order valence-corrected chi connectivity index (χ3v) is 6.07. The molecule has 0 saturated carbocycles. The fourth-order valence-electron chi connectivity index (χ4n) is 3.55. The summed E-state index contributed by atoms with van der Waals surface area (Å²) in [6.45, 7) is 4.55. The van der Waals surface area contributed by atoms with E-state index in [2.05, 4.69) is 14.9 Å². The number of anilines is 1. The van der Waals surface area contributed by atoms with Gasteiger partial charge in [-0.05, 0) is 37.6 Å². The fraction of sp³-hybridized carbons (Fsp3) is 0.304. The first-order valence-corrected chi connectivity index (χ1v) is 11.3. The molecule has 1 aliphatic heterocycles. The van der Waals surface area contributed by atoms with Crippen LogP contribution in [0.3, 0.4) is 0 Å². The van der Waals surface area contributed by atoms with Gasteiger partial charge in [0.05, 0.1) is 12.2 Å². The minimum Gasteiger partial charge on any atom is -0.462 e. The second-order valence-corrected chi connectivity index (χ2v) is 8.13. The van der Waals surface area contributed by atoms with Crippen LogP contribution in [-0.4, -0.2) is 59.5 Å². The van der Waals surface area contributed by atoms with Crippen molar-refractivity contribution >= 4 is 29.0 Å². The molecule has 4 rings (SSSR count). The first-order valence-electron chi connectivity index (χ1n) is 10.4. The molecule has 0 aliphatic carbocycles. The highest BCUT2D eigenvalue weighted by Crippen LogP contribution is 2.27. The van der Waals surface area contributed by atoms with Crippen molar-refractivity contribution in [2.45, 2.75) is 13.3 Å². The molecule has 1 fully saturated rings. The van der Waals surface area contributed by atoms with E-state index >= 15 is 0 Å². The SMILES string of the molecule is CCOC(=O)c1ccc(N2CCCN(C(=O)c3csc(-c4ccccc4F)n3)CC2)nc1. The molecule has 0 unspecified atom stereocenters. The van der Waals surface area contributed by atoms with Crippen molar-refractivity contribution in [3.8, 4) is 10.6 Å². The third kappa shape index (κ3) is 4.77. The Hall–Kier alpha value is -3.33. The highest BCUT2D eigenvalue weighted by atomic mass is 32.1. The maximum absolute atomic E-state index is 14.0. The van der Waals surface area contributed by atoms with Crippen LogP contribution >= 0.6 is 11.3 Å². The van der Waals surface area contributed by atoms with Gasteiger partial charge in [-0.1, -0.05) is 12.1 Å². The van der Waals surface area contributed by atoms with Crippen molar-refractivity contribution in [2.24, 2.45) is 0 Å². The number of carbonyl (C=O) groups is 2. The second kappa shape index (κ2) is 9.86. The van der Waals surface area contributed by atoms with Crippen molar-refractivity contribution in [1.29, 1.82) is 0 Å². The van der Waals surface area contributed by atoms with E-state index in [1.165, 1.54) is 23.6 Å². The van der Waals surface area contributed by atoms with E-state index in [9.17, 15) is 14.0 Å². The number of aromatic nitrogens is 2. The minimum absolute atomic E-state index is 0.156. The monoisotopic (exact) mass is 454 g/mol. The molecule has 2 aromatic heterocycles. The number of amides is 1. The number of nitrogens with zero attached hydrogens (tertiary/aromatic N) is 4. The predicted molar refractivity (Wildman–Crippen MR) is 120 cm³/mol. The number of ether oxygens (including phenoxy) is 1. The molecule has 9 heteroatoms. The third-order valence-electron chi connectivity index (χ3n) is 5.19. The number of halogens is 1. The largest absolute Gasteiger partial charge is 0.462 e. The van der Waals surface area contributed by atoms with E-state index in [1.807, 2.05) is 0 Å². The molecule has 0 spiro atoms. The number of thiazole rings is 1. The van der Waals surface area contributed by atoms with Crippen molar-refractivity contribution in [1.82, 2.24) is 14.9 Å². The highest BCUT2D eigenvalue weighted by molar-refractivity contribution is 7.13. The smallest absolute Gasteiger partial charge is 0.339 e. The van der Waals surface area contributed by atoms with Crippen LogP contribution in [0.2, 0.25) is 0 Å². The molecule has 1 saturated heterocycles. The number of pyridine rings is 1. The maximum atomic E-state index is 14.0. The summed E-state index contributed by atoms with van der Waals surface area (Å²) in [4.78, 5) is 37.4. The van der Waals surface area contributed by atoms with Crippen molar-refractivity contribution in [3.05, 3.63) is 65.0 Å². The molecule has 1 aliphatic rings. The lowest BCUT2D eigenvalue weighted by molar-refractivity contribution is 0.0525. The van der Waals surface area contributed by atoms with Gasteiger partial charge in [-0.15, -0.1) is 11.3 Å². The van der Waals surface area contributed by atoms with Crippen LogP contribution < -0.4 is 4.90 Å². The van der Waals surface area contributed by atoms with Crippen LogP contribution in [0.15, 0.2) is 48.0 Å². The van der Waals surface area contributed by atoms with Crippen molar-refractivity contribution < 1.29 is 18.7 Å². The lowest BCUT2D eigenvalue weighted by Crippen LogP contribution is -2.35. The Bertz CT molecular complexity index is 1100. The lowest BCUT2D eigenvalue weighted by Gasteiger charge is -2.22. The summed E-state index contributed by atoms with van der Waals surface area (Å²) in [5, 5.41) is 2.18. The van der Waals surface area contributed by atoms with E-state index in [1.54, 1.807) is 47.5 Å². The van der Waals surface area contributed by atoms with E-state index in [0.717, 1.165) is 18.8 Å². The Morgan fingerprint density at radius 1 is 1.12 bits per heavy atom. The standard InChI is InChI=1S/C23H23FN4O3S/c1-2-31-23(30)16-8-9-20(25-14-16)27-10-5-11-28(13-12-27)22(29)19-15-32-21(26-19)17-6-3-4-7-18(17)24/h3-4,6-9,14-15H,2,5,10-13H2,1H3. The van der Waals surface area contributed by atoms with E-state index in [0.29, 0.717) is 48.1 Å². The van der Waals surface area contributed by atoms with Crippen LogP contribution in [-0.2, 0) is 4.74 Å². The molecular weight excluding hydrogens is 431 g/mol. The van der Waals surface area contributed by atoms with Gasteiger partial charge >= 0.3 is 5.97 Å². The first-order chi connectivity index (χ1) is 15.6. The zero-order valence-corrected chi connectivity index (χ0v) is 18.5. The van der Waals surface area contributed by atoms with E-state index < -0.39 is 5.97 Å². The molecule has 1 amide bonds. The van der Waals surface area contributed by atoms with Gasteiger partial charge in [0.2, 0.25) is 0 Å². The van der Waals surface area contributed by atoms with Gasteiger partial charge < -0.3 is 14.5 Å². The lowest BCUT2D eigenvalue weighted by atomic mass is 10.2. The van der Waals surface area contributed by atoms with Gasteiger partial charge in [-0.2, -0.15) is 0 Å². The Balaban J connectivity index is 1.41. The number of esters is 1. The summed E-state index contributed by atoms with van der Waals surface area (Å²) < 4.78 is 19.0. The summed E-state index contributed by atoms with van der Waals surface area (Å²) in [7, 11) is 0. The number of hydrogen-bond acceptors (Lipinski definition) is 7. The van der Waals surface area contributed by atoms with Crippen LogP contribution in [0.4, 0.5) is 10.2 Å². The number of carbonyl (C=O) groups excluding carboxylic acids is 2.